The summed E-state index contributed by atoms with van der Waals surface area (Å²) in [7, 11) is 0. The minimum atomic E-state index is -2.76. The van der Waals surface area contributed by atoms with Crippen LogP contribution in [0.1, 0.15) is 31.2 Å². The van der Waals surface area contributed by atoms with Crippen LogP contribution in [0.3, 0.4) is 0 Å². The lowest BCUT2D eigenvalue weighted by Gasteiger charge is -2.36. The van der Waals surface area contributed by atoms with Gasteiger partial charge in [0.1, 0.15) is 0 Å². The van der Waals surface area contributed by atoms with Crippen molar-refractivity contribution in [2.45, 2.75) is 37.0 Å². The van der Waals surface area contributed by atoms with Gasteiger partial charge in [-0.2, -0.15) is 5.10 Å². The molecule has 6 heteroatoms. The molecule has 20 heavy (non-hydrogen) atoms. The normalized spacial score (nSPS) is 20.9. The number of aromatic nitrogens is 2. The summed E-state index contributed by atoms with van der Waals surface area (Å²) >= 11 is 0. The second-order valence-corrected chi connectivity index (χ2v) is 5.33. The lowest BCUT2D eigenvalue weighted by atomic mass is 9.69. The molecular weight excluding hydrogens is 266 g/mol. The molecule has 1 fully saturated rings. The maximum atomic E-state index is 13.4. The summed E-state index contributed by atoms with van der Waals surface area (Å²) in [5.41, 5.74) is -0.0636. The first kappa shape index (κ1) is 13.0. The fraction of sp³-hybridized carbons (Fsp3) is 0.429. The molecule has 1 aliphatic carbocycles. The van der Waals surface area contributed by atoms with E-state index in [1.54, 1.807) is 28.9 Å². The predicted octanol–water partition coefficient (Wildman–Crippen LogP) is 2.87. The van der Waals surface area contributed by atoms with Gasteiger partial charge in [-0.05, 0) is 25.0 Å². The van der Waals surface area contributed by atoms with Crippen molar-refractivity contribution in [3.8, 4) is 0 Å². The molecule has 0 unspecified atom stereocenters. The van der Waals surface area contributed by atoms with Crippen LogP contribution in [0.5, 0.6) is 0 Å². The molecule has 3 rings (SSSR count). The molecule has 1 saturated carbocycles. The van der Waals surface area contributed by atoms with E-state index >= 15 is 0 Å². The molecule has 4 nitrogen and oxygen atoms in total. The lowest BCUT2D eigenvalue weighted by molar-refractivity contribution is -0.149. The molecule has 0 bridgehead atoms. The van der Waals surface area contributed by atoms with Gasteiger partial charge < -0.3 is 5.11 Å². The third-order valence-corrected chi connectivity index (χ3v) is 4.19. The van der Waals surface area contributed by atoms with Crippen LogP contribution >= 0.6 is 0 Å². The third kappa shape index (κ3) is 1.87. The first-order valence-electron chi connectivity index (χ1n) is 6.49. The van der Waals surface area contributed by atoms with Crippen LogP contribution in [0.2, 0.25) is 0 Å². The van der Waals surface area contributed by atoms with Gasteiger partial charge in [0.05, 0.1) is 17.1 Å². The van der Waals surface area contributed by atoms with E-state index < -0.39 is 30.1 Å². The Balaban J connectivity index is 2.10. The van der Waals surface area contributed by atoms with Crippen molar-refractivity contribution in [2.75, 3.05) is 0 Å². The molecule has 106 valence electrons. The number of carboxylic acid groups (broad SMARTS) is 1. The second kappa shape index (κ2) is 4.26. The van der Waals surface area contributed by atoms with Crippen molar-refractivity contribution in [2.24, 2.45) is 0 Å². The third-order valence-electron chi connectivity index (χ3n) is 4.19. The molecule has 2 aromatic heterocycles. The number of carbonyl (C=O) groups is 1. The Kier molecular flexibility index (Phi) is 2.77. The van der Waals surface area contributed by atoms with Gasteiger partial charge in [-0.1, -0.05) is 6.07 Å². The van der Waals surface area contributed by atoms with E-state index in [-0.39, 0.29) is 12.8 Å². The van der Waals surface area contributed by atoms with E-state index in [0.717, 1.165) is 0 Å². The molecule has 0 spiro atoms. The van der Waals surface area contributed by atoms with E-state index in [1.807, 2.05) is 0 Å². The van der Waals surface area contributed by atoms with Crippen molar-refractivity contribution in [1.29, 1.82) is 0 Å². The van der Waals surface area contributed by atoms with Crippen LogP contribution in [-0.2, 0) is 10.2 Å². The van der Waals surface area contributed by atoms with Crippen LogP contribution in [0.4, 0.5) is 8.78 Å². The van der Waals surface area contributed by atoms with Crippen molar-refractivity contribution >= 4 is 11.5 Å². The summed E-state index contributed by atoms with van der Waals surface area (Å²) in [5.74, 6) is -3.81. The van der Waals surface area contributed by atoms with Gasteiger partial charge in [-0.25, -0.2) is 13.3 Å². The molecule has 0 radical (unpaired) electrons. The summed E-state index contributed by atoms with van der Waals surface area (Å²) in [6.45, 7) is 0. The summed E-state index contributed by atoms with van der Waals surface area (Å²) < 4.78 is 28.3. The number of halogens is 2. The van der Waals surface area contributed by atoms with Crippen LogP contribution in [-0.4, -0.2) is 26.6 Å². The van der Waals surface area contributed by atoms with Gasteiger partial charge >= 0.3 is 5.97 Å². The minimum absolute atomic E-state index is 0.0639. The second-order valence-electron chi connectivity index (χ2n) is 5.33. The standard InChI is InChI=1S/C14H14F2N2O2/c15-14(16)6-4-13(5-7-14,12(19)20)10-9-17-18-8-2-1-3-11(10)18/h1-3,8-9H,4-7H2,(H,19,20). The number of rotatable bonds is 2. The largest absolute Gasteiger partial charge is 0.481 e. The average molecular weight is 280 g/mol. The maximum absolute atomic E-state index is 13.4. The molecule has 0 saturated heterocycles. The Labute approximate surface area is 114 Å². The van der Waals surface area contributed by atoms with Crippen LogP contribution in [0, 0.1) is 0 Å². The monoisotopic (exact) mass is 280 g/mol. The van der Waals surface area contributed by atoms with Gasteiger partial charge in [0.2, 0.25) is 5.92 Å². The molecule has 2 aromatic rings. The van der Waals surface area contributed by atoms with E-state index in [1.165, 1.54) is 6.20 Å². The highest BCUT2D eigenvalue weighted by molar-refractivity contribution is 5.84. The minimum Gasteiger partial charge on any atom is -0.481 e. The van der Waals surface area contributed by atoms with Gasteiger partial charge in [-0.3, -0.25) is 4.79 Å². The van der Waals surface area contributed by atoms with E-state index in [9.17, 15) is 18.7 Å². The number of aliphatic carboxylic acids is 1. The summed E-state index contributed by atoms with van der Waals surface area (Å²) in [6.07, 6.45) is 2.28. The highest BCUT2D eigenvalue weighted by Crippen LogP contribution is 2.46. The molecule has 0 amide bonds. The lowest BCUT2D eigenvalue weighted by Crippen LogP contribution is -2.42. The van der Waals surface area contributed by atoms with Crippen LogP contribution in [0.15, 0.2) is 30.6 Å². The van der Waals surface area contributed by atoms with E-state index in [2.05, 4.69) is 5.10 Å². The van der Waals surface area contributed by atoms with Gasteiger partial charge in [-0.15, -0.1) is 0 Å². The molecule has 2 heterocycles. The van der Waals surface area contributed by atoms with Crippen LogP contribution < -0.4 is 0 Å². The number of hydrogen-bond acceptors (Lipinski definition) is 2. The van der Waals surface area contributed by atoms with Gasteiger partial charge in [0, 0.05) is 24.6 Å². The number of fused-ring (bicyclic) bond motifs is 1. The quantitative estimate of drug-likeness (QED) is 0.920. The molecule has 1 N–H and O–H groups in total. The van der Waals surface area contributed by atoms with Crippen molar-refractivity contribution in [3.63, 3.8) is 0 Å². The fourth-order valence-electron chi connectivity index (χ4n) is 2.94. The Bertz CT molecular complexity index is 656. The number of carboxylic acids is 1. The molecule has 0 atom stereocenters. The Hall–Kier alpha value is -1.98. The molecule has 0 aliphatic heterocycles. The highest BCUT2D eigenvalue weighted by atomic mass is 19.3. The maximum Gasteiger partial charge on any atom is 0.314 e. The number of pyridine rings is 1. The number of nitrogens with zero attached hydrogens (tertiary/aromatic N) is 2. The number of alkyl halides is 2. The zero-order chi connectivity index (χ0) is 14.4. The first-order chi connectivity index (χ1) is 9.45. The SMILES string of the molecule is O=C(O)C1(c2cnn3ccccc23)CCC(F)(F)CC1. The fourth-order valence-corrected chi connectivity index (χ4v) is 2.94. The number of hydrogen-bond donors (Lipinski definition) is 1. The van der Waals surface area contributed by atoms with E-state index in [4.69, 9.17) is 0 Å². The first-order valence-corrected chi connectivity index (χ1v) is 6.49. The summed E-state index contributed by atoms with van der Waals surface area (Å²) in [6, 6.07) is 5.33. The van der Waals surface area contributed by atoms with Gasteiger partial charge in [0.25, 0.3) is 0 Å². The van der Waals surface area contributed by atoms with Crippen molar-refractivity contribution in [1.82, 2.24) is 9.61 Å². The molecule has 0 aromatic carbocycles. The van der Waals surface area contributed by atoms with Crippen molar-refractivity contribution in [3.05, 3.63) is 36.2 Å². The summed E-state index contributed by atoms with van der Waals surface area (Å²) in [5, 5.41) is 13.7. The van der Waals surface area contributed by atoms with Crippen molar-refractivity contribution < 1.29 is 18.7 Å². The van der Waals surface area contributed by atoms with Gasteiger partial charge in [0.15, 0.2) is 0 Å². The zero-order valence-corrected chi connectivity index (χ0v) is 10.7. The smallest absolute Gasteiger partial charge is 0.314 e. The molecule has 1 aliphatic rings. The Morgan fingerprint density at radius 3 is 2.60 bits per heavy atom. The predicted molar refractivity (Wildman–Crippen MR) is 67.9 cm³/mol. The summed E-state index contributed by atoms with van der Waals surface area (Å²) in [4.78, 5) is 11.7. The van der Waals surface area contributed by atoms with Crippen LogP contribution in [0.25, 0.3) is 5.52 Å². The zero-order valence-electron chi connectivity index (χ0n) is 10.7. The average Bonchev–Trinajstić information content (AvgIpc) is 2.83. The van der Waals surface area contributed by atoms with E-state index in [0.29, 0.717) is 11.1 Å². The Morgan fingerprint density at radius 1 is 1.25 bits per heavy atom. The highest BCUT2D eigenvalue weighted by Gasteiger charge is 2.50. The topological polar surface area (TPSA) is 54.6 Å². The Morgan fingerprint density at radius 2 is 1.95 bits per heavy atom. The molecular formula is C14H14F2N2O2.